The molecule has 0 aliphatic carbocycles. The van der Waals surface area contributed by atoms with E-state index >= 15 is 0 Å². The van der Waals surface area contributed by atoms with Gasteiger partial charge in [0, 0.05) is 19.6 Å². The number of piperidine rings is 1. The van der Waals surface area contributed by atoms with Crippen molar-refractivity contribution in [3.63, 3.8) is 0 Å². The van der Waals surface area contributed by atoms with Crippen molar-refractivity contribution < 1.29 is 23.1 Å². The van der Waals surface area contributed by atoms with Gasteiger partial charge in [-0.1, -0.05) is 30.3 Å². The molecule has 1 unspecified atom stereocenters. The zero-order valence-electron chi connectivity index (χ0n) is 14.6. The molecule has 26 heavy (non-hydrogen) atoms. The van der Waals surface area contributed by atoms with Crippen LogP contribution in [-0.2, 0) is 25.4 Å². The summed E-state index contributed by atoms with van der Waals surface area (Å²) >= 11 is 0. The van der Waals surface area contributed by atoms with Crippen molar-refractivity contribution in [3.8, 4) is 0 Å². The monoisotopic (exact) mass is 380 g/mol. The van der Waals surface area contributed by atoms with E-state index in [1.165, 1.54) is 9.21 Å². The summed E-state index contributed by atoms with van der Waals surface area (Å²) in [5.41, 5.74) is 0.714. The number of sulfonamides is 1. The average Bonchev–Trinajstić information content (AvgIpc) is 3.12. The van der Waals surface area contributed by atoms with Gasteiger partial charge in [-0.2, -0.15) is 0 Å². The molecule has 0 aromatic heterocycles. The van der Waals surface area contributed by atoms with E-state index in [1.54, 1.807) is 24.3 Å². The average molecular weight is 380 g/mol. The number of hydrogen-bond acceptors (Lipinski definition) is 4. The van der Waals surface area contributed by atoms with Crippen molar-refractivity contribution in [1.82, 2.24) is 9.21 Å². The van der Waals surface area contributed by atoms with Crippen LogP contribution in [0.2, 0.25) is 0 Å². The third-order valence-electron chi connectivity index (χ3n) is 5.14. The van der Waals surface area contributed by atoms with Gasteiger partial charge < -0.3 is 10.0 Å². The summed E-state index contributed by atoms with van der Waals surface area (Å²) in [5, 5.41) is 9.28. The minimum Gasteiger partial charge on any atom is -0.480 e. The summed E-state index contributed by atoms with van der Waals surface area (Å²) in [6.45, 7) is 0.973. The Balaban J connectivity index is 1.69. The maximum Gasteiger partial charge on any atom is 0.326 e. The fourth-order valence-electron chi connectivity index (χ4n) is 3.79. The van der Waals surface area contributed by atoms with Crippen LogP contribution >= 0.6 is 0 Å². The van der Waals surface area contributed by atoms with Gasteiger partial charge in [-0.15, -0.1) is 0 Å². The molecule has 0 bridgehead atoms. The first-order chi connectivity index (χ1) is 12.4. The summed E-state index contributed by atoms with van der Waals surface area (Å²) < 4.78 is 26.8. The molecule has 1 aromatic rings. The fourth-order valence-corrected chi connectivity index (χ4v) is 5.41. The standard InChI is InChI=1S/C18H24N2O5S/c21-17(20-11-5-9-16(20)18(22)23)15-8-4-10-19(12-15)26(24,25)13-14-6-2-1-3-7-14/h1-3,6-7,15-16H,4-5,8-13H2,(H,22,23)/t15?,16-/m1/s1. The molecular formula is C18H24N2O5S. The van der Waals surface area contributed by atoms with Crippen molar-refractivity contribution in [1.29, 1.82) is 0 Å². The molecule has 2 aliphatic rings. The number of rotatable bonds is 5. The number of benzene rings is 1. The van der Waals surface area contributed by atoms with Gasteiger partial charge in [-0.05, 0) is 31.2 Å². The number of carboxylic acid groups (broad SMARTS) is 1. The summed E-state index contributed by atoms with van der Waals surface area (Å²) in [6, 6.07) is 8.19. The van der Waals surface area contributed by atoms with Crippen molar-refractivity contribution in [2.75, 3.05) is 19.6 Å². The highest BCUT2D eigenvalue weighted by Crippen LogP contribution is 2.26. The minimum absolute atomic E-state index is 0.0871. The zero-order chi connectivity index (χ0) is 18.7. The van der Waals surface area contributed by atoms with E-state index in [4.69, 9.17) is 0 Å². The van der Waals surface area contributed by atoms with Gasteiger partial charge in [0.25, 0.3) is 0 Å². The SMILES string of the molecule is O=C(O)[C@H]1CCCN1C(=O)C1CCCN(S(=O)(=O)Cc2ccccc2)C1. The number of nitrogens with zero attached hydrogens (tertiary/aromatic N) is 2. The molecule has 8 heteroatoms. The Morgan fingerprint density at radius 2 is 1.77 bits per heavy atom. The number of carbonyl (C=O) groups excluding carboxylic acids is 1. The zero-order valence-corrected chi connectivity index (χ0v) is 15.4. The van der Waals surface area contributed by atoms with Gasteiger partial charge in [0.2, 0.25) is 15.9 Å². The molecule has 1 aromatic carbocycles. The molecule has 1 amide bonds. The Labute approximate surface area is 153 Å². The topological polar surface area (TPSA) is 95.0 Å². The first kappa shape index (κ1) is 18.8. The van der Waals surface area contributed by atoms with Crippen LogP contribution in [0.15, 0.2) is 30.3 Å². The van der Waals surface area contributed by atoms with E-state index in [-0.39, 0.29) is 18.2 Å². The van der Waals surface area contributed by atoms with Crippen molar-refractivity contribution >= 4 is 21.9 Å². The molecule has 2 saturated heterocycles. The highest BCUT2D eigenvalue weighted by Gasteiger charge is 2.40. The van der Waals surface area contributed by atoms with Crippen LogP contribution in [0.5, 0.6) is 0 Å². The predicted molar refractivity (Wildman–Crippen MR) is 95.7 cm³/mol. The lowest BCUT2D eigenvalue weighted by molar-refractivity contribution is -0.150. The van der Waals surface area contributed by atoms with E-state index < -0.39 is 28.0 Å². The van der Waals surface area contributed by atoms with Gasteiger partial charge in [-0.3, -0.25) is 4.79 Å². The highest BCUT2D eigenvalue weighted by atomic mass is 32.2. The van der Waals surface area contributed by atoms with E-state index in [9.17, 15) is 23.1 Å². The number of carboxylic acids is 1. The molecule has 0 saturated carbocycles. The van der Waals surface area contributed by atoms with Gasteiger partial charge in [-0.25, -0.2) is 17.5 Å². The second-order valence-corrected chi connectivity index (χ2v) is 8.94. The second-order valence-electron chi connectivity index (χ2n) is 6.97. The molecule has 7 nitrogen and oxygen atoms in total. The number of likely N-dealkylation sites (tertiary alicyclic amines) is 1. The van der Waals surface area contributed by atoms with Crippen molar-refractivity contribution in [2.45, 2.75) is 37.5 Å². The third kappa shape index (κ3) is 4.07. The van der Waals surface area contributed by atoms with Crippen LogP contribution in [0.1, 0.15) is 31.2 Å². The minimum atomic E-state index is -3.51. The Kier molecular flexibility index (Phi) is 5.62. The van der Waals surface area contributed by atoms with Crippen LogP contribution in [-0.4, -0.2) is 60.3 Å². The molecule has 3 rings (SSSR count). The molecule has 2 fully saturated rings. The summed E-state index contributed by atoms with van der Waals surface area (Å²) in [5.74, 6) is -1.76. The third-order valence-corrected chi connectivity index (χ3v) is 6.96. The summed E-state index contributed by atoms with van der Waals surface area (Å²) in [7, 11) is -3.51. The summed E-state index contributed by atoms with van der Waals surface area (Å²) in [6.07, 6.45) is 2.34. The van der Waals surface area contributed by atoms with E-state index in [1.807, 2.05) is 6.07 Å². The molecule has 2 atom stereocenters. The molecule has 1 N–H and O–H groups in total. The summed E-state index contributed by atoms with van der Waals surface area (Å²) in [4.78, 5) is 25.5. The first-order valence-corrected chi connectivity index (χ1v) is 10.5. The van der Waals surface area contributed by atoms with Crippen LogP contribution in [0.25, 0.3) is 0 Å². The smallest absolute Gasteiger partial charge is 0.326 e. The molecule has 142 valence electrons. The fraction of sp³-hybridized carbons (Fsp3) is 0.556. The van der Waals surface area contributed by atoms with Gasteiger partial charge >= 0.3 is 5.97 Å². The largest absolute Gasteiger partial charge is 0.480 e. The van der Waals surface area contributed by atoms with Crippen LogP contribution in [0.4, 0.5) is 0 Å². The molecule has 2 heterocycles. The number of aliphatic carboxylic acids is 1. The van der Waals surface area contributed by atoms with Crippen molar-refractivity contribution in [3.05, 3.63) is 35.9 Å². The maximum atomic E-state index is 12.8. The van der Waals surface area contributed by atoms with Crippen LogP contribution < -0.4 is 0 Å². The molecule has 0 spiro atoms. The van der Waals surface area contributed by atoms with Gasteiger partial charge in [0.05, 0.1) is 11.7 Å². The Bertz CT molecular complexity index is 765. The molecule has 0 radical (unpaired) electrons. The Morgan fingerprint density at radius 1 is 1.08 bits per heavy atom. The first-order valence-electron chi connectivity index (χ1n) is 8.93. The number of amides is 1. The second kappa shape index (κ2) is 7.75. The lowest BCUT2D eigenvalue weighted by Gasteiger charge is -2.34. The molecule has 2 aliphatic heterocycles. The van der Waals surface area contributed by atoms with Gasteiger partial charge in [0.15, 0.2) is 0 Å². The van der Waals surface area contributed by atoms with Crippen LogP contribution in [0, 0.1) is 5.92 Å². The van der Waals surface area contributed by atoms with Crippen molar-refractivity contribution in [2.24, 2.45) is 5.92 Å². The Hall–Kier alpha value is -1.93. The number of hydrogen-bond donors (Lipinski definition) is 1. The Morgan fingerprint density at radius 3 is 2.46 bits per heavy atom. The number of carbonyl (C=O) groups is 2. The van der Waals surface area contributed by atoms with Crippen LogP contribution in [0.3, 0.4) is 0 Å². The lowest BCUT2D eigenvalue weighted by atomic mass is 9.97. The lowest BCUT2D eigenvalue weighted by Crippen LogP contribution is -2.49. The van der Waals surface area contributed by atoms with E-state index in [2.05, 4.69) is 0 Å². The quantitative estimate of drug-likeness (QED) is 0.831. The maximum absolute atomic E-state index is 12.8. The highest BCUT2D eigenvalue weighted by molar-refractivity contribution is 7.88. The molecular weight excluding hydrogens is 356 g/mol. The predicted octanol–water partition coefficient (Wildman–Crippen LogP) is 1.30. The van der Waals surface area contributed by atoms with E-state index in [0.29, 0.717) is 44.3 Å². The normalized spacial score (nSPS) is 24.5. The van der Waals surface area contributed by atoms with E-state index in [0.717, 1.165) is 0 Å². The van der Waals surface area contributed by atoms with Gasteiger partial charge in [0.1, 0.15) is 6.04 Å².